The monoisotopic (exact) mass is 128 g/mol. The Balaban J connectivity index is 1.83. The Labute approximate surface area is 50.9 Å². The van der Waals surface area contributed by atoms with E-state index in [-0.39, 0.29) is 0 Å². The average molecular weight is 128 g/mol. The van der Waals surface area contributed by atoms with E-state index in [2.05, 4.69) is 0 Å². The third-order valence-corrected chi connectivity index (χ3v) is 1.26. The number of hydrogen-bond acceptors (Lipinski definition) is 2. The predicted octanol–water partition coefficient (Wildman–Crippen LogP) is -0.348. The zero-order chi connectivity index (χ0) is 5.82. The molecule has 1 aliphatic heterocycles. The zero-order valence-electron chi connectivity index (χ0n) is 4.59. The standard InChI is InChI=1S/C5H8O2Si/c1-8-4-6-2-5-3-7-5/h1,5H,2-4H2. The van der Waals surface area contributed by atoms with Crippen LogP contribution in [0.5, 0.6) is 0 Å². The molecule has 1 saturated heterocycles. The van der Waals surface area contributed by atoms with Gasteiger partial charge in [-0.1, -0.05) is 0 Å². The highest BCUT2D eigenvalue weighted by atomic mass is 28.2. The number of ether oxygens (including phenoxy) is 2. The Morgan fingerprint density at radius 3 is 3.12 bits per heavy atom. The molecule has 1 fully saturated rings. The molecule has 0 spiro atoms. The molecule has 0 aromatic carbocycles. The molecule has 1 unspecified atom stereocenters. The van der Waals surface area contributed by atoms with E-state index >= 15 is 0 Å². The minimum atomic E-state index is 0.381. The second kappa shape index (κ2) is 3.05. The van der Waals surface area contributed by atoms with Gasteiger partial charge in [0.2, 0.25) is 0 Å². The molecule has 0 aromatic heterocycles. The summed E-state index contributed by atoms with van der Waals surface area (Å²) in [6, 6.07) is 5.20. The van der Waals surface area contributed by atoms with Gasteiger partial charge in [0, 0.05) is 8.96 Å². The summed E-state index contributed by atoms with van der Waals surface area (Å²) in [5, 5.41) is 0. The molecule has 3 heteroatoms. The summed E-state index contributed by atoms with van der Waals surface area (Å²) in [7, 11) is 0.407. The molecule has 0 aliphatic carbocycles. The number of rotatable bonds is 3. The third kappa shape index (κ3) is 2.28. The average Bonchev–Trinajstić information content (AvgIpc) is 2.51. The van der Waals surface area contributed by atoms with E-state index in [4.69, 9.17) is 15.5 Å². The zero-order valence-corrected chi connectivity index (χ0v) is 5.59. The van der Waals surface area contributed by atoms with Crippen LogP contribution in [0.25, 0.3) is 0 Å². The van der Waals surface area contributed by atoms with Crippen molar-refractivity contribution in [2.24, 2.45) is 0 Å². The van der Waals surface area contributed by atoms with Gasteiger partial charge < -0.3 is 9.47 Å². The van der Waals surface area contributed by atoms with Crippen LogP contribution in [0.15, 0.2) is 0 Å². The fourth-order valence-electron chi connectivity index (χ4n) is 0.414. The van der Waals surface area contributed by atoms with Crippen molar-refractivity contribution in [3.05, 3.63) is 0 Å². The highest BCUT2D eigenvalue weighted by molar-refractivity contribution is 6.21. The fraction of sp³-hybridized carbons (Fsp3) is 0.800. The summed E-state index contributed by atoms with van der Waals surface area (Å²) in [5.74, 6) is 0. The molecule has 8 heavy (non-hydrogen) atoms. The van der Waals surface area contributed by atoms with Crippen molar-refractivity contribution in [2.75, 3.05) is 19.4 Å². The van der Waals surface area contributed by atoms with E-state index in [1.165, 1.54) is 0 Å². The van der Waals surface area contributed by atoms with E-state index < -0.39 is 0 Å². The third-order valence-electron chi connectivity index (χ3n) is 0.892. The van der Waals surface area contributed by atoms with E-state index in [9.17, 15) is 0 Å². The Kier molecular flexibility index (Phi) is 2.30. The summed E-state index contributed by atoms with van der Waals surface area (Å²) in [6.45, 7) is 1.60. The van der Waals surface area contributed by atoms with Crippen molar-refractivity contribution in [3.8, 4) is 6.00 Å². The summed E-state index contributed by atoms with van der Waals surface area (Å²) in [4.78, 5) is 0. The van der Waals surface area contributed by atoms with Gasteiger partial charge >= 0.3 is 0 Å². The first-order valence-corrected chi connectivity index (χ1v) is 3.84. The largest absolute Gasteiger partial charge is 0.372 e. The molecule has 1 aliphatic rings. The molecular formula is C5H8O2Si. The summed E-state index contributed by atoms with van der Waals surface area (Å²) < 4.78 is 9.96. The van der Waals surface area contributed by atoms with Gasteiger partial charge in [-0.2, -0.15) is 6.00 Å². The van der Waals surface area contributed by atoms with Gasteiger partial charge in [-0.05, 0) is 0 Å². The molecule has 0 radical (unpaired) electrons. The summed E-state index contributed by atoms with van der Waals surface area (Å²) >= 11 is 0. The SMILES string of the molecule is C#[Si]COCC1CO1. The predicted molar refractivity (Wildman–Crippen MR) is 31.3 cm³/mol. The second-order valence-electron chi connectivity index (χ2n) is 1.67. The molecule has 0 N–H and O–H groups in total. The molecule has 1 rings (SSSR count). The van der Waals surface area contributed by atoms with Crippen LogP contribution in [0.4, 0.5) is 0 Å². The molecule has 0 bridgehead atoms. The van der Waals surface area contributed by atoms with E-state index in [0.29, 0.717) is 21.3 Å². The van der Waals surface area contributed by atoms with Crippen LogP contribution in [0.3, 0.4) is 0 Å². The van der Waals surface area contributed by atoms with Crippen LogP contribution in [0.1, 0.15) is 0 Å². The van der Waals surface area contributed by atoms with Crippen LogP contribution in [0.2, 0.25) is 0 Å². The van der Waals surface area contributed by atoms with Gasteiger partial charge in [0.25, 0.3) is 0 Å². The van der Waals surface area contributed by atoms with Gasteiger partial charge in [-0.25, -0.2) is 0 Å². The molecule has 1 heterocycles. The van der Waals surface area contributed by atoms with E-state index in [0.717, 1.165) is 13.2 Å². The van der Waals surface area contributed by atoms with Crippen LogP contribution in [-0.4, -0.2) is 34.5 Å². The quantitative estimate of drug-likeness (QED) is 0.294. The molecule has 0 amide bonds. The molecule has 0 aromatic rings. The van der Waals surface area contributed by atoms with Crippen LogP contribution < -0.4 is 0 Å². The lowest BCUT2D eigenvalue weighted by atomic mass is 10.5. The lowest BCUT2D eigenvalue weighted by Gasteiger charge is -1.91. The first-order valence-electron chi connectivity index (χ1n) is 2.56. The Bertz CT molecular complexity index is 103. The first-order chi connectivity index (χ1) is 3.93. The normalized spacial score (nSPS) is 24.6. The molecule has 44 valence electrons. The van der Waals surface area contributed by atoms with Gasteiger partial charge in [-0.3, -0.25) is 0 Å². The fourth-order valence-corrected chi connectivity index (χ4v) is 0.649. The Morgan fingerprint density at radius 2 is 2.62 bits per heavy atom. The van der Waals surface area contributed by atoms with Crippen LogP contribution in [0, 0.1) is 6.00 Å². The van der Waals surface area contributed by atoms with Crippen molar-refractivity contribution >= 4 is 8.96 Å². The van der Waals surface area contributed by atoms with Crippen LogP contribution in [-0.2, 0) is 9.47 Å². The van der Waals surface area contributed by atoms with Crippen molar-refractivity contribution in [2.45, 2.75) is 6.10 Å². The van der Waals surface area contributed by atoms with Gasteiger partial charge in [-0.15, -0.1) is 0 Å². The minimum absolute atomic E-state index is 0.381. The molecule has 1 atom stereocenters. The lowest BCUT2D eigenvalue weighted by molar-refractivity contribution is 0.154. The van der Waals surface area contributed by atoms with Crippen molar-refractivity contribution in [1.29, 1.82) is 0 Å². The number of epoxide rings is 1. The van der Waals surface area contributed by atoms with Crippen molar-refractivity contribution < 1.29 is 9.47 Å². The number of hydrogen-bond donors (Lipinski definition) is 0. The maximum atomic E-state index is 5.20. The lowest BCUT2D eigenvalue weighted by Crippen LogP contribution is -2.02. The van der Waals surface area contributed by atoms with E-state index in [1.54, 1.807) is 0 Å². The minimum Gasteiger partial charge on any atom is -0.372 e. The van der Waals surface area contributed by atoms with Gasteiger partial charge in [0.15, 0.2) is 0 Å². The van der Waals surface area contributed by atoms with Gasteiger partial charge in [0.1, 0.15) is 6.10 Å². The smallest absolute Gasteiger partial charge is 0.104 e. The van der Waals surface area contributed by atoms with Crippen molar-refractivity contribution in [1.82, 2.24) is 0 Å². The second-order valence-corrected chi connectivity index (χ2v) is 2.37. The van der Waals surface area contributed by atoms with Crippen LogP contribution >= 0.6 is 0 Å². The Hall–Kier alpha value is -0.0831. The maximum Gasteiger partial charge on any atom is 0.104 e. The van der Waals surface area contributed by atoms with Gasteiger partial charge in [0.05, 0.1) is 19.4 Å². The first kappa shape index (κ1) is 6.04. The summed E-state index contributed by atoms with van der Waals surface area (Å²) in [5.41, 5.74) is 0. The highest BCUT2D eigenvalue weighted by Crippen LogP contribution is 2.07. The Morgan fingerprint density at radius 1 is 1.88 bits per heavy atom. The molecule has 2 nitrogen and oxygen atoms in total. The van der Waals surface area contributed by atoms with E-state index in [1.807, 2.05) is 0 Å². The maximum absolute atomic E-state index is 5.20. The molecule has 0 saturated carbocycles. The molecular weight excluding hydrogens is 120 g/mol. The van der Waals surface area contributed by atoms with Crippen molar-refractivity contribution in [3.63, 3.8) is 0 Å². The topological polar surface area (TPSA) is 21.8 Å². The highest BCUT2D eigenvalue weighted by Gasteiger charge is 2.21. The summed E-state index contributed by atoms with van der Waals surface area (Å²) in [6.07, 6.45) is 1.06.